The lowest BCUT2D eigenvalue weighted by Crippen LogP contribution is -2.02. The maximum atomic E-state index is 11.0. The number of unbranched alkanes of at least 4 members (excludes halogenated alkanes) is 2. The van der Waals surface area contributed by atoms with E-state index in [0.717, 1.165) is 25.5 Å². The summed E-state index contributed by atoms with van der Waals surface area (Å²) in [6.07, 6.45) is 4.14. The van der Waals surface area contributed by atoms with Crippen LogP contribution in [0.3, 0.4) is 0 Å². The van der Waals surface area contributed by atoms with Gasteiger partial charge in [0.15, 0.2) is 0 Å². The van der Waals surface area contributed by atoms with Crippen molar-refractivity contribution < 1.29 is 19.4 Å². The zero-order chi connectivity index (χ0) is 11.0. The Morgan fingerprint density at radius 3 is 2.40 bits per heavy atom. The molecule has 0 bridgehead atoms. The Kier molecular flexibility index (Phi) is 11.2. The minimum atomic E-state index is -1.08. The van der Waals surface area contributed by atoms with E-state index in [2.05, 4.69) is 4.74 Å². The molecule has 0 aromatic carbocycles. The molecule has 0 saturated heterocycles. The molecular formula is C10H18MgO4. The van der Waals surface area contributed by atoms with Gasteiger partial charge in [0.1, 0.15) is 6.26 Å². The van der Waals surface area contributed by atoms with Crippen LogP contribution in [0.2, 0.25) is 0 Å². The topological polar surface area (TPSA) is 63.6 Å². The van der Waals surface area contributed by atoms with E-state index in [1.165, 1.54) is 6.92 Å². The van der Waals surface area contributed by atoms with Crippen molar-refractivity contribution in [1.82, 2.24) is 0 Å². The zero-order valence-corrected chi connectivity index (χ0v) is 8.58. The SMILES string of the molecule is CCCCCC(=O)OC=C(C)C(=O)O.[MgH2]. The van der Waals surface area contributed by atoms with Crippen molar-refractivity contribution in [3.63, 3.8) is 0 Å². The van der Waals surface area contributed by atoms with Crippen LogP contribution in [0, 0.1) is 0 Å². The van der Waals surface area contributed by atoms with Crippen LogP contribution in [0.25, 0.3) is 0 Å². The van der Waals surface area contributed by atoms with E-state index in [1.54, 1.807) is 0 Å². The Morgan fingerprint density at radius 2 is 1.93 bits per heavy atom. The first-order valence-corrected chi connectivity index (χ1v) is 4.67. The van der Waals surface area contributed by atoms with Gasteiger partial charge in [-0.25, -0.2) is 4.79 Å². The summed E-state index contributed by atoms with van der Waals surface area (Å²) in [6, 6.07) is 0. The van der Waals surface area contributed by atoms with Crippen LogP contribution < -0.4 is 0 Å². The third-order valence-corrected chi connectivity index (χ3v) is 1.69. The maximum Gasteiger partial charge on any atom is 0.334 e. The second kappa shape index (κ2) is 9.98. The van der Waals surface area contributed by atoms with Crippen LogP contribution in [0.1, 0.15) is 39.5 Å². The normalized spacial score (nSPS) is 10.4. The highest BCUT2D eigenvalue weighted by atomic mass is 24.3. The number of carbonyl (C=O) groups is 2. The van der Waals surface area contributed by atoms with Crippen molar-refractivity contribution in [3.8, 4) is 0 Å². The number of carboxylic acid groups (broad SMARTS) is 1. The molecular weight excluding hydrogens is 208 g/mol. The molecule has 1 N–H and O–H groups in total. The fourth-order valence-electron chi connectivity index (χ4n) is 0.783. The molecule has 0 amide bonds. The molecule has 0 saturated carbocycles. The van der Waals surface area contributed by atoms with Gasteiger partial charge in [-0.05, 0) is 13.3 Å². The lowest BCUT2D eigenvalue weighted by atomic mass is 10.2. The summed E-state index contributed by atoms with van der Waals surface area (Å²) in [5, 5.41) is 8.45. The first-order chi connectivity index (χ1) is 6.57. The molecule has 0 unspecified atom stereocenters. The first-order valence-electron chi connectivity index (χ1n) is 4.67. The minimum Gasteiger partial charge on any atom is -0.478 e. The molecule has 0 radical (unpaired) electrons. The summed E-state index contributed by atoms with van der Waals surface area (Å²) in [6.45, 7) is 3.42. The molecule has 0 aliphatic rings. The van der Waals surface area contributed by atoms with Gasteiger partial charge in [-0.2, -0.15) is 0 Å². The first kappa shape index (κ1) is 16.9. The summed E-state index contributed by atoms with van der Waals surface area (Å²) in [7, 11) is 0. The van der Waals surface area contributed by atoms with E-state index in [0.29, 0.717) is 6.42 Å². The summed E-state index contributed by atoms with van der Waals surface area (Å²) in [5.74, 6) is -1.45. The summed E-state index contributed by atoms with van der Waals surface area (Å²) in [5.41, 5.74) is 0.0221. The molecule has 84 valence electrons. The van der Waals surface area contributed by atoms with E-state index in [-0.39, 0.29) is 34.6 Å². The van der Waals surface area contributed by atoms with Crippen LogP contribution in [0.15, 0.2) is 11.8 Å². The standard InChI is InChI=1S/C10H16O4.Mg.2H/c1-3-4-5-6-9(11)14-7-8(2)10(12)13;;;/h7H,3-6H2,1-2H3,(H,12,13);;;. The molecule has 0 aromatic heterocycles. The van der Waals surface area contributed by atoms with Crippen LogP contribution in [-0.4, -0.2) is 40.1 Å². The molecule has 0 heterocycles. The average Bonchev–Trinajstić information content (AvgIpc) is 2.14. The predicted octanol–water partition coefficient (Wildman–Crippen LogP) is 1.18. The zero-order valence-electron chi connectivity index (χ0n) is 8.58. The fraction of sp³-hybridized carbons (Fsp3) is 0.600. The van der Waals surface area contributed by atoms with Gasteiger partial charge in [0.05, 0.1) is 5.57 Å². The van der Waals surface area contributed by atoms with Gasteiger partial charge in [-0.1, -0.05) is 19.8 Å². The molecule has 5 heteroatoms. The molecule has 0 fully saturated rings. The van der Waals surface area contributed by atoms with E-state index >= 15 is 0 Å². The van der Waals surface area contributed by atoms with Gasteiger partial charge in [0.2, 0.25) is 0 Å². The van der Waals surface area contributed by atoms with Crippen molar-refractivity contribution in [3.05, 3.63) is 11.8 Å². The lowest BCUT2D eigenvalue weighted by molar-refractivity contribution is -0.138. The monoisotopic (exact) mass is 226 g/mol. The highest BCUT2D eigenvalue weighted by Gasteiger charge is 2.03. The molecule has 0 aromatic rings. The van der Waals surface area contributed by atoms with Crippen molar-refractivity contribution in [2.75, 3.05) is 0 Å². The molecule has 0 aliphatic heterocycles. The van der Waals surface area contributed by atoms with Crippen LogP contribution in [-0.2, 0) is 14.3 Å². The van der Waals surface area contributed by atoms with E-state index in [9.17, 15) is 9.59 Å². The average molecular weight is 227 g/mol. The van der Waals surface area contributed by atoms with Gasteiger partial charge in [0.25, 0.3) is 0 Å². The number of carbonyl (C=O) groups excluding carboxylic acids is 1. The van der Waals surface area contributed by atoms with Crippen molar-refractivity contribution in [1.29, 1.82) is 0 Å². The van der Waals surface area contributed by atoms with Gasteiger partial charge in [-0.15, -0.1) is 0 Å². The Balaban J connectivity index is 0. The summed E-state index contributed by atoms with van der Waals surface area (Å²) < 4.78 is 4.63. The Hall–Kier alpha value is -0.554. The number of rotatable bonds is 6. The number of ether oxygens (including phenoxy) is 1. The largest absolute Gasteiger partial charge is 0.478 e. The lowest BCUT2D eigenvalue weighted by Gasteiger charge is -1.99. The maximum absolute atomic E-state index is 11.0. The number of aliphatic carboxylic acids is 1. The summed E-state index contributed by atoms with van der Waals surface area (Å²) in [4.78, 5) is 21.3. The van der Waals surface area contributed by atoms with Crippen molar-refractivity contribution in [2.45, 2.75) is 39.5 Å². The van der Waals surface area contributed by atoms with Crippen molar-refractivity contribution in [2.24, 2.45) is 0 Å². The Labute approximate surface area is 106 Å². The van der Waals surface area contributed by atoms with Gasteiger partial charge in [0, 0.05) is 6.42 Å². The Bertz CT molecular complexity index is 236. The van der Waals surface area contributed by atoms with Crippen molar-refractivity contribution >= 4 is 35.0 Å². The van der Waals surface area contributed by atoms with E-state index < -0.39 is 5.97 Å². The van der Waals surface area contributed by atoms with Crippen LogP contribution in [0.4, 0.5) is 0 Å². The van der Waals surface area contributed by atoms with E-state index in [1.807, 2.05) is 6.92 Å². The smallest absolute Gasteiger partial charge is 0.334 e. The Morgan fingerprint density at radius 1 is 1.33 bits per heavy atom. The third kappa shape index (κ3) is 9.74. The van der Waals surface area contributed by atoms with E-state index in [4.69, 9.17) is 5.11 Å². The molecule has 0 spiro atoms. The molecule has 4 nitrogen and oxygen atoms in total. The predicted molar refractivity (Wildman–Crippen MR) is 60.2 cm³/mol. The quantitative estimate of drug-likeness (QED) is 0.243. The number of carboxylic acids is 1. The number of hydrogen-bond acceptors (Lipinski definition) is 3. The summed E-state index contributed by atoms with van der Waals surface area (Å²) >= 11 is 0. The number of esters is 1. The fourth-order valence-corrected chi connectivity index (χ4v) is 0.783. The second-order valence-electron chi connectivity index (χ2n) is 3.05. The third-order valence-electron chi connectivity index (χ3n) is 1.69. The van der Waals surface area contributed by atoms with Gasteiger partial charge in [-0.3, -0.25) is 4.79 Å². The number of hydrogen-bond donors (Lipinski definition) is 1. The molecule has 0 rings (SSSR count). The van der Waals surface area contributed by atoms with Crippen LogP contribution >= 0.6 is 0 Å². The molecule has 15 heavy (non-hydrogen) atoms. The van der Waals surface area contributed by atoms with Gasteiger partial charge < -0.3 is 9.84 Å². The minimum absolute atomic E-state index is 0. The highest BCUT2D eigenvalue weighted by Crippen LogP contribution is 2.02. The molecule has 0 atom stereocenters. The molecule has 0 aliphatic carbocycles. The van der Waals surface area contributed by atoms with Crippen LogP contribution in [0.5, 0.6) is 0 Å². The highest BCUT2D eigenvalue weighted by molar-refractivity contribution is 5.85. The second-order valence-corrected chi connectivity index (χ2v) is 3.05. The van der Waals surface area contributed by atoms with Gasteiger partial charge >= 0.3 is 35.0 Å².